The molecule has 0 spiro atoms. The Morgan fingerprint density at radius 3 is 2.87 bits per heavy atom. The predicted molar refractivity (Wildman–Crippen MR) is 121 cm³/mol. The molecule has 0 aromatic heterocycles. The highest BCUT2D eigenvalue weighted by Crippen LogP contribution is 2.39. The van der Waals surface area contributed by atoms with Crippen LogP contribution in [0.4, 0.5) is 0 Å². The number of carbonyl (C=O) groups is 1. The van der Waals surface area contributed by atoms with Crippen LogP contribution in [-0.2, 0) is 4.79 Å². The fraction of sp³-hybridized carbons (Fsp3) is 0.522. The molecule has 2 unspecified atom stereocenters. The van der Waals surface area contributed by atoms with Gasteiger partial charge in [0.15, 0.2) is 11.5 Å². The van der Waals surface area contributed by atoms with Crippen molar-refractivity contribution in [1.29, 1.82) is 0 Å². The first-order valence-electron chi connectivity index (χ1n) is 10.6. The van der Waals surface area contributed by atoms with Crippen LogP contribution >= 0.6 is 11.8 Å². The van der Waals surface area contributed by atoms with E-state index in [1.165, 1.54) is 5.56 Å². The van der Waals surface area contributed by atoms with Crippen LogP contribution in [-0.4, -0.2) is 54.3 Å². The number of thioether (sulfide) groups is 1. The Bertz CT molecular complexity index is 848. The van der Waals surface area contributed by atoms with Crippen molar-refractivity contribution < 1.29 is 14.3 Å². The van der Waals surface area contributed by atoms with Gasteiger partial charge in [-0.3, -0.25) is 9.69 Å². The number of allylic oxidation sites excluding steroid dienone is 2. The van der Waals surface area contributed by atoms with Crippen molar-refractivity contribution in [3.63, 3.8) is 0 Å². The number of nitrogens with one attached hydrogen (secondary N) is 1. The topological polar surface area (TPSA) is 76.8 Å². The largest absolute Gasteiger partial charge is 0.486 e. The molecular weight excluding hydrogens is 398 g/mol. The Kier molecular flexibility index (Phi) is 6.29. The Labute approximate surface area is 182 Å². The van der Waals surface area contributed by atoms with Crippen molar-refractivity contribution in [2.45, 2.75) is 37.2 Å². The number of hydrogen-bond donors (Lipinski definition) is 2. The van der Waals surface area contributed by atoms with Gasteiger partial charge in [0, 0.05) is 6.54 Å². The molecule has 6 nitrogen and oxygen atoms in total. The van der Waals surface area contributed by atoms with Gasteiger partial charge in [0.2, 0.25) is 5.91 Å². The summed E-state index contributed by atoms with van der Waals surface area (Å²) in [5.41, 5.74) is 7.51. The minimum atomic E-state index is -0.421. The summed E-state index contributed by atoms with van der Waals surface area (Å²) in [7, 11) is 0. The molecule has 1 fully saturated rings. The number of ether oxygens (including phenoxy) is 2. The number of nitrogens with two attached hydrogens (primary N) is 1. The van der Waals surface area contributed by atoms with Crippen molar-refractivity contribution in [3.05, 3.63) is 47.7 Å². The average Bonchev–Trinajstić information content (AvgIpc) is 2.75. The molecule has 0 aliphatic carbocycles. The summed E-state index contributed by atoms with van der Waals surface area (Å²) >= 11 is 1.67. The molecule has 3 N–H and O–H groups in total. The van der Waals surface area contributed by atoms with Gasteiger partial charge in [-0.15, -0.1) is 11.8 Å². The number of amides is 1. The number of benzene rings is 1. The van der Waals surface area contributed by atoms with E-state index in [1.54, 1.807) is 11.8 Å². The fourth-order valence-electron chi connectivity index (χ4n) is 4.62. The number of primary amides is 1. The number of piperidine rings is 1. The smallest absolute Gasteiger partial charge is 0.247 e. The van der Waals surface area contributed by atoms with Crippen LogP contribution in [0.2, 0.25) is 0 Å². The molecule has 7 heteroatoms. The zero-order valence-electron chi connectivity index (χ0n) is 17.7. The molecule has 2 atom stereocenters. The first-order valence-corrected chi connectivity index (χ1v) is 11.8. The van der Waals surface area contributed by atoms with Gasteiger partial charge >= 0.3 is 0 Å². The van der Waals surface area contributed by atoms with E-state index >= 15 is 0 Å². The summed E-state index contributed by atoms with van der Waals surface area (Å²) in [5, 5.41) is 3.41. The molecule has 3 aliphatic heterocycles. The minimum absolute atomic E-state index is 0.0583. The van der Waals surface area contributed by atoms with E-state index in [1.807, 2.05) is 42.8 Å². The minimum Gasteiger partial charge on any atom is -0.486 e. The predicted octanol–water partition coefficient (Wildman–Crippen LogP) is 2.82. The molecule has 0 saturated carbocycles. The molecule has 4 rings (SSSR count). The third-order valence-corrected chi connectivity index (χ3v) is 7.49. The zero-order valence-corrected chi connectivity index (χ0v) is 18.5. The first-order chi connectivity index (χ1) is 14.5. The second-order valence-corrected chi connectivity index (χ2v) is 9.53. The molecule has 162 valence electrons. The molecule has 1 saturated heterocycles. The number of rotatable bonds is 6. The van der Waals surface area contributed by atoms with Crippen molar-refractivity contribution in [3.8, 4) is 11.5 Å². The molecule has 3 aliphatic rings. The normalized spacial score (nSPS) is 26.7. The third-order valence-electron chi connectivity index (χ3n) is 6.29. The molecule has 30 heavy (non-hydrogen) atoms. The quantitative estimate of drug-likeness (QED) is 0.724. The van der Waals surface area contributed by atoms with Gasteiger partial charge in [0.1, 0.15) is 17.6 Å². The zero-order chi connectivity index (χ0) is 21.1. The first kappa shape index (κ1) is 21.1. The number of nitrogens with zero attached hydrogens (tertiary/aromatic N) is 1. The van der Waals surface area contributed by atoms with E-state index in [0.717, 1.165) is 50.4 Å². The summed E-state index contributed by atoms with van der Waals surface area (Å²) in [4.78, 5) is 14.0. The van der Waals surface area contributed by atoms with Gasteiger partial charge in [-0.1, -0.05) is 6.07 Å². The fourth-order valence-corrected chi connectivity index (χ4v) is 5.60. The van der Waals surface area contributed by atoms with Gasteiger partial charge < -0.3 is 20.5 Å². The third kappa shape index (κ3) is 4.47. The van der Waals surface area contributed by atoms with Crippen LogP contribution < -0.4 is 20.5 Å². The van der Waals surface area contributed by atoms with Crippen LogP contribution in [0.5, 0.6) is 11.5 Å². The van der Waals surface area contributed by atoms with Crippen molar-refractivity contribution in [2.75, 3.05) is 32.5 Å². The highest BCUT2D eigenvalue weighted by molar-refractivity contribution is 8.00. The number of fused-ring (bicyclic) bond motifs is 1. The van der Waals surface area contributed by atoms with Crippen LogP contribution in [0, 0.1) is 12.8 Å². The van der Waals surface area contributed by atoms with E-state index in [9.17, 15) is 4.79 Å². The maximum atomic E-state index is 12.0. The van der Waals surface area contributed by atoms with E-state index in [0.29, 0.717) is 18.1 Å². The monoisotopic (exact) mass is 429 g/mol. The lowest BCUT2D eigenvalue weighted by Crippen LogP contribution is -2.49. The lowest BCUT2D eigenvalue weighted by molar-refractivity contribution is -0.115. The Morgan fingerprint density at radius 2 is 2.13 bits per heavy atom. The summed E-state index contributed by atoms with van der Waals surface area (Å²) in [6, 6.07) is 6.08. The Hall–Kier alpha value is -2.12. The van der Waals surface area contributed by atoms with Crippen LogP contribution in [0.15, 0.2) is 42.1 Å². The molecule has 0 bridgehead atoms. The number of dihydropyridines is 1. The lowest BCUT2D eigenvalue weighted by atomic mass is 9.86. The number of aryl methyl sites for hydroxylation is 1. The Morgan fingerprint density at radius 1 is 1.33 bits per heavy atom. The van der Waals surface area contributed by atoms with E-state index < -0.39 is 4.87 Å². The molecule has 0 radical (unpaired) electrons. The van der Waals surface area contributed by atoms with Gasteiger partial charge in [-0.25, -0.2) is 0 Å². The second kappa shape index (κ2) is 8.94. The summed E-state index contributed by atoms with van der Waals surface area (Å²) in [6.45, 7) is 5.59. The number of likely N-dealkylation sites (tertiary alicyclic amines) is 1. The summed E-state index contributed by atoms with van der Waals surface area (Å²) in [6.07, 6.45) is 10.8. The Balaban J connectivity index is 1.31. The summed E-state index contributed by atoms with van der Waals surface area (Å²) in [5.74, 6) is 1.89. The van der Waals surface area contributed by atoms with Gasteiger partial charge in [-0.05, 0) is 87.5 Å². The van der Waals surface area contributed by atoms with Crippen LogP contribution in [0.3, 0.4) is 0 Å². The highest BCUT2D eigenvalue weighted by Gasteiger charge is 2.39. The standard InChI is InChI=1S/C23H31N3O3S/c1-16-5-6-20-21(12-16)29-18(15-28-20)14-26-10-7-17(8-11-26)13-23(30-2)19(22(24)27)4-3-9-25-23/h3-6,9,12,17-18,25H,7-8,10-11,13-15H2,1-2H3,(H2,24,27). The van der Waals surface area contributed by atoms with Gasteiger partial charge in [0.05, 0.1) is 5.57 Å². The second-order valence-electron chi connectivity index (χ2n) is 8.43. The van der Waals surface area contributed by atoms with E-state index in [-0.39, 0.29) is 12.0 Å². The van der Waals surface area contributed by atoms with Crippen LogP contribution in [0.1, 0.15) is 24.8 Å². The lowest BCUT2D eigenvalue weighted by Gasteiger charge is -2.41. The van der Waals surface area contributed by atoms with Gasteiger partial charge in [0.25, 0.3) is 0 Å². The number of carbonyl (C=O) groups excluding carboxylic acids is 1. The van der Waals surface area contributed by atoms with Crippen molar-refractivity contribution in [1.82, 2.24) is 10.2 Å². The molecule has 1 aromatic rings. The van der Waals surface area contributed by atoms with Crippen molar-refractivity contribution in [2.24, 2.45) is 11.7 Å². The van der Waals surface area contributed by atoms with Crippen LogP contribution in [0.25, 0.3) is 0 Å². The molecule has 1 amide bonds. The van der Waals surface area contributed by atoms with E-state index in [2.05, 4.69) is 17.1 Å². The maximum Gasteiger partial charge on any atom is 0.247 e. The molecule has 1 aromatic carbocycles. The maximum absolute atomic E-state index is 12.0. The molecular formula is C23H31N3O3S. The summed E-state index contributed by atoms with van der Waals surface area (Å²) < 4.78 is 12.1. The highest BCUT2D eigenvalue weighted by atomic mass is 32.2. The average molecular weight is 430 g/mol. The number of hydrogen-bond acceptors (Lipinski definition) is 6. The SMILES string of the molecule is CSC1(CC2CCN(CC3COc4ccc(C)cc4O3)CC2)NC=CC=C1C(N)=O. The van der Waals surface area contributed by atoms with E-state index in [4.69, 9.17) is 15.2 Å². The van der Waals surface area contributed by atoms with Crippen molar-refractivity contribution >= 4 is 17.7 Å². The molecule has 3 heterocycles. The van der Waals surface area contributed by atoms with Gasteiger partial charge in [-0.2, -0.15) is 0 Å².